The maximum atomic E-state index is 11.5. The molecule has 1 heterocycles. The first-order valence-electron chi connectivity index (χ1n) is 5.85. The second-order valence-corrected chi connectivity index (χ2v) is 4.25. The van der Waals surface area contributed by atoms with E-state index >= 15 is 0 Å². The summed E-state index contributed by atoms with van der Waals surface area (Å²) < 4.78 is 4.98. The summed E-state index contributed by atoms with van der Waals surface area (Å²) in [5.41, 5.74) is 4.51. The molecule has 0 aliphatic rings. The normalized spacial score (nSPS) is 10.8. The van der Waals surface area contributed by atoms with Crippen LogP contribution in [0.2, 0.25) is 0 Å². The molecule has 0 fully saturated rings. The van der Waals surface area contributed by atoms with Gasteiger partial charge in [0.2, 0.25) is 0 Å². The molecule has 1 aromatic heterocycles. The van der Waals surface area contributed by atoms with E-state index in [2.05, 4.69) is 31.0 Å². The number of carbonyl (C=O) groups excluding carboxylic acids is 1. The molecule has 90 valence electrons. The van der Waals surface area contributed by atoms with E-state index in [9.17, 15) is 4.79 Å². The SMILES string of the molecule is CCOC(=O)Cc1c[nH]c2c(C)ccc(C)c12. The minimum Gasteiger partial charge on any atom is -0.466 e. The van der Waals surface area contributed by atoms with Crippen LogP contribution in [0.15, 0.2) is 18.3 Å². The van der Waals surface area contributed by atoms with Crippen molar-refractivity contribution in [3.05, 3.63) is 35.0 Å². The van der Waals surface area contributed by atoms with Crippen molar-refractivity contribution < 1.29 is 9.53 Å². The Labute approximate surface area is 101 Å². The number of fused-ring (bicyclic) bond motifs is 1. The number of benzene rings is 1. The molecule has 0 unspecified atom stereocenters. The molecule has 0 saturated heterocycles. The topological polar surface area (TPSA) is 42.1 Å². The van der Waals surface area contributed by atoms with Crippen molar-refractivity contribution in [2.75, 3.05) is 6.61 Å². The molecule has 0 atom stereocenters. The number of rotatable bonds is 3. The molecule has 0 spiro atoms. The van der Waals surface area contributed by atoms with Crippen molar-refractivity contribution in [2.24, 2.45) is 0 Å². The van der Waals surface area contributed by atoms with Crippen LogP contribution < -0.4 is 0 Å². The minimum atomic E-state index is -0.172. The van der Waals surface area contributed by atoms with Gasteiger partial charge in [0.1, 0.15) is 0 Å². The molecule has 3 nitrogen and oxygen atoms in total. The van der Waals surface area contributed by atoms with Crippen LogP contribution in [0.3, 0.4) is 0 Å². The first-order chi connectivity index (χ1) is 8.13. The smallest absolute Gasteiger partial charge is 0.310 e. The van der Waals surface area contributed by atoms with Crippen LogP contribution >= 0.6 is 0 Å². The average molecular weight is 231 g/mol. The highest BCUT2D eigenvalue weighted by Crippen LogP contribution is 2.25. The van der Waals surface area contributed by atoms with Crippen molar-refractivity contribution in [2.45, 2.75) is 27.2 Å². The van der Waals surface area contributed by atoms with Crippen molar-refractivity contribution in [1.82, 2.24) is 4.98 Å². The van der Waals surface area contributed by atoms with Gasteiger partial charge >= 0.3 is 5.97 Å². The largest absolute Gasteiger partial charge is 0.466 e. The van der Waals surface area contributed by atoms with Crippen molar-refractivity contribution in [3.63, 3.8) is 0 Å². The lowest BCUT2D eigenvalue weighted by Gasteiger charge is -2.04. The van der Waals surface area contributed by atoms with E-state index in [1.54, 1.807) is 0 Å². The molecular formula is C14H17NO2. The predicted molar refractivity (Wildman–Crippen MR) is 68.1 cm³/mol. The lowest BCUT2D eigenvalue weighted by molar-refractivity contribution is -0.142. The third-order valence-corrected chi connectivity index (χ3v) is 2.97. The third-order valence-electron chi connectivity index (χ3n) is 2.97. The predicted octanol–water partition coefficient (Wildman–Crippen LogP) is 2.89. The fraction of sp³-hybridized carbons (Fsp3) is 0.357. The Hall–Kier alpha value is -1.77. The van der Waals surface area contributed by atoms with Gasteiger partial charge in [-0.25, -0.2) is 0 Å². The standard InChI is InChI=1S/C14H17NO2/c1-4-17-12(16)7-11-8-15-14-10(3)6-5-9(2)13(11)14/h5-6,8,15H,4,7H2,1-3H3. The molecule has 2 aromatic rings. The average Bonchev–Trinajstić information content (AvgIpc) is 2.69. The zero-order chi connectivity index (χ0) is 12.4. The van der Waals surface area contributed by atoms with E-state index in [0.717, 1.165) is 16.5 Å². The van der Waals surface area contributed by atoms with Crippen molar-refractivity contribution >= 4 is 16.9 Å². The van der Waals surface area contributed by atoms with Gasteiger partial charge in [-0.3, -0.25) is 4.79 Å². The van der Waals surface area contributed by atoms with Gasteiger partial charge in [-0.05, 0) is 37.5 Å². The summed E-state index contributed by atoms with van der Waals surface area (Å²) in [4.78, 5) is 14.8. The van der Waals surface area contributed by atoms with Gasteiger partial charge in [0.15, 0.2) is 0 Å². The Kier molecular flexibility index (Phi) is 3.18. The lowest BCUT2D eigenvalue weighted by Crippen LogP contribution is -2.07. The number of carbonyl (C=O) groups is 1. The fourth-order valence-electron chi connectivity index (χ4n) is 2.15. The van der Waals surface area contributed by atoms with Gasteiger partial charge in [0.05, 0.1) is 13.0 Å². The number of nitrogens with one attached hydrogen (secondary N) is 1. The molecule has 17 heavy (non-hydrogen) atoms. The molecule has 1 aromatic carbocycles. The summed E-state index contributed by atoms with van der Waals surface area (Å²) >= 11 is 0. The highest BCUT2D eigenvalue weighted by atomic mass is 16.5. The zero-order valence-electron chi connectivity index (χ0n) is 10.5. The number of aromatic nitrogens is 1. The highest BCUT2D eigenvalue weighted by Gasteiger charge is 2.12. The molecule has 0 radical (unpaired) electrons. The zero-order valence-corrected chi connectivity index (χ0v) is 10.5. The first-order valence-corrected chi connectivity index (χ1v) is 5.85. The highest BCUT2D eigenvalue weighted by molar-refractivity contribution is 5.91. The van der Waals surface area contributed by atoms with Gasteiger partial charge < -0.3 is 9.72 Å². The van der Waals surface area contributed by atoms with Crippen molar-refractivity contribution in [1.29, 1.82) is 0 Å². The maximum Gasteiger partial charge on any atom is 0.310 e. The molecule has 1 N–H and O–H groups in total. The van der Waals surface area contributed by atoms with E-state index < -0.39 is 0 Å². The summed E-state index contributed by atoms with van der Waals surface area (Å²) in [6.07, 6.45) is 2.24. The molecule has 2 rings (SSSR count). The second-order valence-electron chi connectivity index (χ2n) is 4.25. The number of esters is 1. The van der Waals surface area contributed by atoms with Gasteiger partial charge in [-0.2, -0.15) is 0 Å². The summed E-state index contributed by atoms with van der Waals surface area (Å²) in [7, 11) is 0. The van der Waals surface area contributed by atoms with Crippen LogP contribution in [0.4, 0.5) is 0 Å². The molecule has 0 aliphatic heterocycles. The Morgan fingerprint density at radius 1 is 1.29 bits per heavy atom. The summed E-state index contributed by atoms with van der Waals surface area (Å²) in [6.45, 7) is 6.37. The number of aryl methyl sites for hydroxylation is 2. The molecule has 0 amide bonds. The molecule has 3 heteroatoms. The fourth-order valence-corrected chi connectivity index (χ4v) is 2.15. The van der Waals surface area contributed by atoms with E-state index in [1.165, 1.54) is 11.1 Å². The Morgan fingerprint density at radius 2 is 2.00 bits per heavy atom. The second kappa shape index (κ2) is 4.62. The molecule has 0 saturated carbocycles. The molecule has 0 aliphatic carbocycles. The Morgan fingerprint density at radius 3 is 2.71 bits per heavy atom. The summed E-state index contributed by atoms with van der Waals surface area (Å²) in [6, 6.07) is 4.17. The van der Waals surface area contributed by atoms with Crippen LogP contribution in [-0.2, 0) is 16.0 Å². The molecular weight excluding hydrogens is 214 g/mol. The van der Waals surface area contributed by atoms with E-state index in [1.807, 2.05) is 13.1 Å². The van der Waals surface area contributed by atoms with E-state index in [0.29, 0.717) is 13.0 Å². The van der Waals surface area contributed by atoms with Gasteiger partial charge in [-0.15, -0.1) is 0 Å². The van der Waals surface area contributed by atoms with E-state index in [-0.39, 0.29) is 5.97 Å². The summed E-state index contributed by atoms with van der Waals surface area (Å²) in [5, 5.41) is 1.15. The number of hydrogen-bond acceptors (Lipinski definition) is 2. The minimum absolute atomic E-state index is 0.172. The van der Waals surface area contributed by atoms with Gasteiger partial charge in [0, 0.05) is 17.1 Å². The quantitative estimate of drug-likeness (QED) is 0.825. The van der Waals surface area contributed by atoms with Crippen LogP contribution in [0.5, 0.6) is 0 Å². The van der Waals surface area contributed by atoms with Crippen molar-refractivity contribution in [3.8, 4) is 0 Å². The van der Waals surface area contributed by atoms with Gasteiger partial charge in [-0.1, -0.05) is 12.1 Å². The Balaban J connectivity index is 2.42. The van der Waals surface area contributed by atoms with Gasteiger partial charge in [0.25, 0.3) is 0 Å². The monoisotopic (exact) mass is 231 g/mol. The number of hydrogen-bond donors (Lipinski definition) is 1. The van der Waals surface area contributed by atoms with Crippen LogP contribution in [0.25, 0.3) is 10.9 Å². The maximum absolute atomic E-state index is 11.5. The number of H-pyrrole nitrogens is 1. The van der Waals surface area contributed by atoms with Crippen LogP contribution in [0.1, 0.15) is 23.6 Å². The lowest BCUT2D eigenvalue weighted by atomic mass is 10.0. The van der Waals surface area contributed by atoms with E-state index in [4.69, 9.17) is 4.74 Å². The third kappa shape index (κ3) is 2.18. The van der Waals surface area contributed by atoms with Crippen LogP contribution in [0, 0.1) is 13.8 Å². The van der Waals surface area contributed by atoms with Crippen LogP contribution in [-0.4, -0.2) is 17.6 Å². The molecule has 0 bridgehead atoms. The number of ether oxygens (including phenoxy) is 1. The first kappa shape index (κ1) is 11.7. The summed E-state index contributed by atoms with van der Waals surface area (Å²) in [5.74, 6) is -0.172. The number of aromatic amines is 1. The Bertz CT molecular complexity index is 555.